The predicted octanol–water partition coefficient (Wildman–Crippen LogP) is 1.27. The lowest BCUT2D eigenvalue weighted by Crippen LogP contribution is -2.62. The lowest BCUT2D eigenvalue weighted by molar-refractivity contribution is -0.154. The number of carbonyl (C=O) groups excluding carboxylic acids is 1. The fourth-order valence-electron chi connectivity index (χ4n) is 5.90. The first-order valence-corrected chi connectivity index (χ1v) is 8.92. The van der Waals surface area contributed by atoms with Gasteiger partial charge in [0.15, 0.2) is 0 Å². The van der Waals surface area contributed by atoms with Crippen molar-refractivity contribution in [3.05, 3.63) is 33.4 Å². The van der Waals surface area contributed by atoms with Crippen LogP contribution in [0.3, 0.4) is 0 Å². The molecule has 1 aromatic heterocycles. The summed E-state index contributed by atoms with van der Waals surface area (Å²) >= 11 is 0. The van der Waals surface area contributed by atoms with Crippen LogP contribution in [0.5, 0.6) is 0 Å². The van der Waals surface area contributed by atoms with Crippen LogP contribution < -0.4 is 5.63 Å². The summed E-state index contributed by atoms with van der Waals surface area (Å²) < 4.78 is 17.1. The van der Waals surface area contributed by atoms with Crippen LogP contribution in [-0.2, 0) is 26.1 Å². The maximum atomic E-state index is 12.7. The van der Waals surface area contributed by atoms with Gasteiger partial charge < -0.3 is 19.0 Å². The number of hydrogen-bond donors (Lipinski definition) is 1. The third-order valence-corrected chi connectivity index (χ3v) is 7.01. The normalized spacial score (nSPS) is 46.3. The molecular formula is C19H22O6. The summed E-state index contributed by atoms with van der Waals surface area (Å²) in [5.74, 6) is 0.125. The van der Waals surface area contributed by atoms with Gasteiger partial charge in [-0.25, -0.2) is 4.79 Å². The van der Waals surface area contributed by atoms with E-state index in [2.05, 4.69) is 0 Å². The van der Waals surface area contributed by atoms with Crippen molar-refractivity contribution in [1.82, 2.24) is 0 Å². The fourth-order valence-corrected chi connectivity index (χ4v) is 5.90. The van der Waals surface area contributed by atoms with E-state index in [0.29, 0.717) is 12.2 Å². The number of esters is 1. The summed E-state index contributed by atoms with van der Waals surface area (Å²) in [6.45, 7) is 7.79. The average molecular weight is 346 g/mol. The molecule has 7 atom stereocenters. The molecule has 2 saturated heterocycles. The highest BCUT2D eigenvalue weighted by Gasteiger charge is 2.78. The Morgan fingerprint density at radius 3 is 2.64 bits per heavy atom. The minimum Gasteiger partial charge on any atom is -0.461 e. The van der Waals surface area contributed by atoms with Crippen LogP contribution in [0.25, 0.3) is 0 Å². The van der Waals surface area contributed by atoms with E-state index >= 15 is 0 Å². The summed E-state index contributed by atoms with van der Waals surface area (Å²) in [5.41, 5.74) is -0.0816. The smallest absolute Gasteiger partial charge is 0.336 e. The first-order valence-electron chi connectivity index (χ1n) is 8.92. The van der Waals surface area contributed by atoms with Crippen molar-refractivity contribution < 1.29 is 23.8 Å². The number of rotatable bonds is 1. The second-order valence-electron chi connectivity index (χ2n) is 8.63. The third kappa shape index (κ3) is 1.59. The molecule has 0 spiro atoms. The second-order valence-corrected chi connectivity index (χ2v) is 8.63. The molecule has 134 valence electrons. The quantitative estimate of drug-likeness (QED) is 0.608. The summed E-state index contributed by atoms with van der Waals surface area (Å²) in [4.78, 5) is 24.9. The maximum absolute atomic E-state index is 12.7. The van der Waals surface area contributed by atoms with Crippen LogP contribution in [0, 0.1) is 11.3 Å². The summed E-state index contributed by atoms with van der Waals surface area (Å²) in [7, 11) is 0. The number of aliphatic hydroxyl groups excluding tert-OH is 1. The molecule has 2 aliphatic carbocycles. The summed E-state index contributed by atoms with van der Waals surface area (Å²) in [5, 5.41) is 10.7. The van der Waals surface area contributed by atoms with E-state index in [1.165, 1.54) is 0 Å². The van der Waals surface area contributed by atoms with Gasteiger partial charge in [-0.2, -0.15) is 0 Å². The Bertz CT molecular complexity index is 856. The topological polar surface area (TPSA) is 89.3 Å². The Labute approximate surface area is 145 Å². The molecule has 0 unspecified atom stereocenters. The van der Waals surface area contributed by atoms with E-state index in [-0.39, 0.29) is 35.6 Å². The van der Waals surface area contributed by atoms with Gasteiger partial charge in [-0.3, -0.25) is 4.79 Å². The molecule has 4 aliphatic rings. The predicted molar refractivity (Wildman–Crippen MR) is 86.3 cm³/mol. The zero-order valence-electron chi connectivity index (χ0n) is 14.7. The number of carbonyl (C=O) groups is 1. The molecule has 0 aromatic carbocycles. The van der Waals surface area contributed by atoms with Crippen molar-refractivity contribution in [2.24, 2.45) is 11.3 Å². The Hall–Kier alpha value is -1.66. The molecule has 1 N–H and O–H groups in total. The van der Waals surface area contributed by atoms with E-state index in [4.69, 9.17) is 13.9 Å². The molecule has 25 heavy (non-hydrogen) atoms. The first kappa shape index (κ1) is 15.6. The first-order chi connectivity index (χ1) is 11.7. The van der Waals surface area contributed by atoms with E-state index in [1.807, 2.05) is 20.8 Å². The molecule has 0 bridgehead atoms. The molecule has 5 rings (SSSR count). The van der Waals surface area contributed by atoms with Crippen LogP contribution in [0.1, 0.15) is 50.5 Å². The molecular weight excluding hydrogens is 324 g/mol. The number of hydrogen-bond acceptors (Lipinski definition) is 6. The highest BCUT2D eigenvalue weighted by Crippen LogP contribution is 2.66. The van der Waals surface area contributed by atoms with E-state index < -0.39 is 23.0 Å². The molecule has 3 heterocycles. The van der Waals surface area contributed by atoms with Crippen molar-refractivity contribution in [1.29, 1.82) is 0 Å². The van der Waals surface area contributed by atoms with Gasteiger partial charge >= 0.3 is 11.6 Å². The second kappa shape index (κ2) is 4.35. The largest absolute Gasteiger partial charge is 0.461 e. The van der Waals surface area contributed by atoms with Gasteiger partial charge in [0, 0.05) is 29.7 Å². The Morgan fingerprint density at radius 1 is 1.24 bits per heavy atom. The van der Waals surface area contributed by atoms with Crippen molar-refractivity contribution >= 4 is 5.97 Å². The van der Waals surface area contributed by atoms with E-state index in [9.17, 15) is 14.7 Å². The van der Waals surface area contributed by atoms with Crippen molar-refractivity contribution in [3.63, 3.8) is 0 Å². The van der Waals surface area contributed by atoms with Gasteiger partial charge in [0.2, 0.25) is 0 Å². The minimum atomic E-state index is -1.01. The van der Waals surface area contributed by atoms with Crippen LogP contribution in [0.2, 0.25) is 0 Å². The van der Waals surface area contributed by atoms with E-state index in [0.717, 1.165) is 11.1 Å². The molecule has 1 saturated carbocycles. The minimum absolute atomic E-state index is 0.0522. The van der Waals surface area contributed by atoms with Gasteiger partial charge in [-0.1, -0.05) is 20.8 Å². The molecule has 3 fully saturated rings. The van der Waals surface area contributed by atoms with Crippen LogP contribution in [-0.4, -0.2) is 35.5 Å². The van der Waals surface area contributed by atoms with E-state index in [1.54, 1.807) is 13.0 Å². The lowest BCUT2D eigenvalue weighted by atomic mass is 9.49. The van der Waals surface area contributed by atoms with Crippen molar-refractivity contribution in [3.8, 4) is 0 Å². The van der Waals surface area contributed by atoms with Crippen LogP contribution in [0.15, 0.2) is 15.3 Å². The molecule has 1 aromatic rings. The van der Waals surface area contributed by atoms with Gasteiger partial charge in [0.05, 0.1) is 12.2 Å². The summed E-state index contributed by atoms with van der Waals surface area (Å²) in [6, 6.07) is 1.55. The number of aliphatic hydroxyl groups is 1. The average Bonchev–Trinajstić information content (AvgIpc) is 3.29. The molecule has 0 radical (unpaired) electrons. The molecule has 6 nitrogen and oxygen atoms in total. The standard InChI is InChI=1S/C19H22O6/c1-7(2)12-8-5-10-14-18(3,9(8)6-11(20)24-12)16-13(25-16)15(21)19(14,4)17(22)23-10/h6-7,10,13-16,21H,5H2,1-4H3/t10-,13+,14-,15+,16+,18-,19-/m1/s1. The SMILES string of the molecule is CC(C)c1oc(=O)cc2c1C[C@H]1OC(=O)[C@@]3(C)[C@@H](O)[C@@H]4O[C@@H]4[C@@]2(C)[C@@H]13. The molecule has 2 aliphatic heterocycles. The Morgan fingerprint density at radius 2 is 1.96 bits per heavy atom. The van der Waals surface area contributed by atoms with Crippen LogP contribution in [0.4, 0.5) is 0 Å². The maximum Gasteiger partial charge on any atom is 0.336 e. The lowest BCUT2D eigenvalue weighted by Gasteiger charge is -2.50. The van der Waals surface area contributed by atoms with Crippen molar-refractivity contribution in [2.45, 2.75) is 69.9 Å². The Balaban J connectivity index is 1.81. The highest BCUT2D eigenvalue weighted by molar-refractivity contribution is 5.82. The van der Waals surface area contributed by atoms with Gasteiger partial charge in [0.25, 0.3) is 0 Å². The number of fused-ring (bicyclic) bond motifs is 4. The molecule has 6 heteroatoms. The van der Waals surface area contributed by atoms with Gasteiger partial charge in [0.1, 0.15) is 23.4 Å². The summed E-state index contributed by atoms with van der Waals surface area (Å²) in [6.07, 6.45) is -1.30. The number of epoxide rings is 1. The van der Waals surface area contributed by atoms with Gasteiger partial charge in [-0.05, 0) is 18.1 Å². The van der Waals surface area contributed by atoms with Crippen molar-refractivity contribution in [2.75, 3.05) is 0 Å². The Kier molecular flexibility index (Phi) is 2.71. The monoisotopic (exact) mass is 346 g/mol. The zero-order chi connectivity index (χ0) is 17.9. The zero-order valence-corrected chi connectivity index (χ0v) is 14.7. The highest BCUT2D eigenvalue weighted by atomic mass is 16.6. The fraction of sp³-hybridized carbons (Fsp3) is 0.684. The molecule has 0 amide bonds. The van der Waals surface area contributed by atoms with Crippen LogP contribution >= 0.6 is 0 Å². The number of ether oxygens (including phenoxy) is 2. The third-order valence-electron chi connectivity index (χ3n) is 7.01. The van der Waals surface area contributed by atoms with Gasteiger partial charge in [-0.15, -0.1) is 0 Å².